The minimum atomic E-state index is -0.352. The van der Waals surface area contributed by atoms with E-state index in [2.05, 4.69) is 40.8 Å². The number of carbonyl (C=O) groups excluding carboxylic acids is 2. The van der Waals surface area contributed by atoms with Crippen molar-refractivity contribution < 1.29 is 19.1 Å². The van der Waals surface area contributed by atoms with Gasteiger partial charge in [-0.05, 0) is 43.9 Å². The molecule has 0 spiro atoms. The molecule has 2 atom stereocenters. The van der Waals surface area contributed by atoms with Crippen molar-refractivity contribution >= 4 is 23.7 Å². The van der Waals surface area contributed by atoms with Crippen LogP contribution in [0.5, 0.6) is 5.75 Å². The Morgan fingerprint density at radius 2 is 1.85 bits per heavy atom. The molecule has 0 saturated carbocycles. The summed E-state index contributed by atoms with van der Waals surface area (Å²) < 4.78 is 11.2. The van der Waals surface area contributed by atoms with Crippen LogP contribution in [0.1, 0.15) is 38.7 Å². The van der Waals surface area contributed by atoms with Crippen molar-refractivity contribution in [2.24, 2.45) is 5.92 Å². The van der Waals surface area contributed by atoms with Gasteiger partial charge in [-0.25, -0.2) is 14.8 Å². The van der Waals surface area contributed by atoms with Crippen LogP contribution in [0, 0.1) is 5.92 Å². The first kappa shape index (κ1) is 23.8. The van der Waals surface area contributed by atoms with Crippen LogP contribution in [-0.2, 0) is 9.53 Å². The highest BCUT2D eigenvalue weighted by atomic mass is 16.6. The first-order chi connectivity index (χ1) is 16.5. The Morgan fingerprint density at radius 1 is 1.15 bits per heavy atom. The Labute approximate surface area is 200 Å². The van der Waals surface area contributed by atoms with Crippen molar-refractivity contribution in [2.45, 2.75) is 33.1 Å². The van der Waals surface area contributed by atoms with E-state index in [1.54, 1.807) is 23.4 Å². The molecule has 2 aliphatic heterocycles. The molecule has 182 valence electrons. The number of hydrogen-bond acceptors (Lipinski definition) is 8. The molecule has 1 saturated heterocycles. The maximum absolute atomic E-state index is 12.7. The Hall–Kier alpha value is -3.36. The monoisotopic (exact) mass is 467 g/mol. The fourth-order valence-corrected chi connectivity index (χ4v) is 4.65. The Morgan fingerprint density at radius 3 is 2.53 bits per heavy atom. The van der Waals surface area contributed by atoms with Crippen molar-refractivity contribution in [3.05, 3.63) is 42.2 Å². The Bertz CT molecular complexity index is 990. The van der Waals surface area contributed by atoms with Crippen LogP contribution in [0.15, 0.2) is 36.7 Å². The normalized spacial score (nSPS) is 19.9. The summed E-state index contributed by atoms with van der Waals surface area (Å²) in [7, 11) is 0. The zero-order chi connectivity index (χ0) is 24.1. The van der Waals surface area contributed by atoms with E-state index in [1.165, 1.54) is 0 Å². The van der Waals surface area contributed by atoms with E-state index in [4.69, 9.17) is 9.47 Å². The molecule has 2 aliphatic rings. The van der Waals surface area contributed by atoms with Crippen LogP contribution in [0.4, 0.5) is 16.4 Å². The molecular weight excluding hydrogens is 434 g/mol. The maximum atomic E-state index is 12.7. The average Bonchev–Trinajstić information content (AvgIpc) is 2.87. The fourth-order valence-electron chi connectivity index (χ4n) is 4.65. The van der Waals surface area contributed by atoms with Gasteiger partial charge in [0.05, 0.1) is 12.5 Å². The van der Waals surface area contributed by atoms with Crippen molar-refractivity contribution in [1.82, 2.24) is 14.9 Å². The highest BCUT2D eigenvalue weighted by Gasteiger charge is 2.35. The summed E-state index contributed by atoms with van der Waals surface area (Å²) in [5.74, 6) is 0.700. The van der Waals surface area contributed by atoms with Crippen molar-refractivity contribution in [1.29, 1.82) is 0 Å². The van der Waals surface area contributed by atoms with Crippen LogP contribution in [-0.4, -0.2) is 72.8 Å². The second-order valence-corrected chi connectivity index (χ2v) is 8.64. The summed E-state index contributed by atoms with van der Waals surface area (Å²) in [5.41, 5.74) is 2.07. The number of aromatic nitrogens is 2. The number of benzene rings is 1. The van der Waals surface area contributed by atoms with Crippen molar-refractivity contribution in [2.75, 3.05) is 55.7 Å². The summed E-state index contributed by atoms with van der Waals surface area (Å²) in [5, 5.41) is 0. The number of hydrogen-bond donors (Lipinski definition) is 0. The summed E-state index contributed by atoms with van der Waals surface area (Å²) in [4.78, 5) is 39.7. The summed E-state index contributed by atoms with van der Waals surface area (Å²) in [6.45, 7) is 10.6. The first-order valence-electron chi connectivity index (χ1n) is 12.1. The molecule has 0 aliphatic carbocycles. The van der Waals surface area contributed by atoms with Crippen LogP contribution in [0.3, 0.4) is 0 Å². The van der Waals surface area contributed by atoms with Crippen molar-refractivity contribution in [3.8, 4) is 5.75 Å². The first-order valence-corrected chi connectivity index (χ1v) is 12.1. The zero-order valence-electron chi connectivity index (χ0n) is 20.1. The second kappa shape index (κ2) is 10.7. The zero-order valence-corrected chi connectivity index (χ0v) is 20.1. The summed E-state index contributed by atoms with van der Waals surface area (Å²) >= 11 is 0. The molecule has 34 heavy (non-hydrogen) atoms. The molecule has 1 aromatic heterocycles. The molecule has 3 heterocycles. The maximum Gasteiger partial charge on any atom is 0.409 e. The van der Waals surface area contributed by atoms with Gasteiger partial charge in [0, 0.05) is 63.4 Å². The number of fused-ring (bicyclic) bond motifs is 1. The van der Waals surface area contributed by atoms with Gasteiger partial charge in [-0.3, -0.25) is 4.79 Å². The highest BCUT2D eigenvalue weighted by molar-refractivity contribution is 5.80. The topological polar surface area (TPSA) is 88.1 Å². The molecule has 0 bridgehead atoms. The van der Waals surface area contributed by atoms with Gasteiger partial charge in [0.2, 0.25) is 5.95 Å². The molecule has 9 nitrogen and oxygen atoms in total. The molecule has 1 fully saturated rings. The molecule has 2 aromatic rings. The number of ether oxygens (including phenoxy) is 2. The number of anilines is 2. The largest absolute Gasteiger partial charge is 0.449 e. The van der Waals surface area contributed by atoms with Crippen molar-refractivity contribution in [3.63, 3.8) is 0 Å². The lowest BCUT2D eigenvalue weighted by atomic mass is 9.83. The van der Waals surface area contributed by atoms with Gasteiger partial charge in [-0.2, -0.15) is 0 Å². The van der Waals surface area contributed by atoms with E-state index in [9.17, 15) is 9.59 Å². The molecule has 1 aromatic carbocycles. The predicted octanol–water partition coefficient (Wildman–Crippen LogP) is 3.31. The molecule has 4 rings (SSSR count). The van der Waals surface area contributed by atoms with E-state index >= 15 is 0 Å². The average molecular weight is 468 g/mol. The fraction of sp³-hybridized carbons (Fsp3) is 0.520. The van der Waals surface area contributed by atoms with Crippen LogP contribution in [0.25, 0.3) is 0 Å². The van der Waals surface area contributed by atoms with E-state index in [0.717, 1.165) is 24.3 Å². The third-order valence-corrected chi connectivity index (χ3v) is 6.76. The van der Waals surface area contributed by atoms with Gasteiger partial charge in [0.1, 0.15) is 5.75 Å². The van der Waals surface area contributed by atoms with Gasteiger partial charge in [0.15, 0.2) is 0 Å². The standard InChI is InChI=1S/C25H33N5O4/c1-4-28(5-2)19-7-8-20-18(3)21(23(31)34-22(20)17-19)9-16-33-25(32)30-14-12-29(13-15-30)24-26-10-6-11-27-24/h6-8,10-11,17-18,21H,4-5,9,12-16H2,1-3H3. The lowest BCUT2D eigenvalue weighted by molar-refractivity contribution is -0.141. The Kier molecular flexibility index (Phi) is 7.49. The van der Waals surface area contributed by atoms with E-state index in [1.807, 2.05) is 17.9 Å². The second-order valence-electron chi connectivity index (χ2n) is 8.64. The minimum absolute atomic E-state index is 0.00452. The number of amides is 1. The number of piperazine rings is 1. The van der Waals surface area contributed by atoms with Gasteiger partial charge >= 0.3 is 12.1 Å². The van der Waals surface area contributed by atoms with Gasteiger partial charge in [-0.1, -0.05) is 13.0 Å². The van der Waals surface area contributed by atoms with Gasteiger partial charge in [0.25, 0.3) is 0 Å². The van der Waals surface area contributed by atoms with Crippen LogP contribution in [0.2, 0.25) is 0 Å². The minimum Gasteiger partial charge on any atom is -0.449 e. The molecule has 2 unspecified atom stereocenters. The van der Waals surface area contributed by atoms with E-state index in [-0.39, 0.29) is 30.5 Å². The lowest BCUT2D eigenvalue weighted by Crippen LogP contribution is -2.49. The number of nitrogens with zero attached hydrogens (tertiary/aromatic N) is 5. The summed E-state index contributed by atoms with van der Waals surface area (Å²) in [6, 6.07) is 7.86. The van der Waals surface area contributed by atoms with Crippen LogP contribution >= 0.6 is 0 Å². The van der Waals surface area contributed by atoms with Gasteiger partial charge in [-0.15, -0.1) is 0 Å². The molecule has 1 amide bonds. The predicted molar refractivity (Wildman–Crippen MR) is 129 cm³/mol. The molecule has 9 heteroatoms. The number of esters is 1. The summed E-state index contributed by atoms with van der Waals surface area (Å²) in [6.07, 6.45) is 3.50. The highest BCUT2D eigenvalue weighted by Crippen LogP contribution is 2.40. The van der Waals surface area contributed by atoms with E-state index in [0.29, 0.717) is 44.3 Å². The smallest absolute Gasteiger partial charge is 0.409 e. The third kappa shape index (κ3) is 5.08. The Balaban J connectivity index is 1.28. The molecular formula is C25H33N5O4. The SMILES string of the molecule is CCN(CC)c1ccc2c(c1)OC(=O)C(CCOC(=O)N1CCN(c3ncccn3)CC1)C2C. The van der Waals surface area contributed by atoms with E-state index < -0.39 is 0 Å². The third-order valence-electron chi connectivity index (χ3n) is 6.76. The number of carbonyl (C=O) groups is 2. The lowest BCUT2D eigenvalue weighted by Gasteiger charge is -2.34. The number of rotatable bonds is 7. The molecule has 0 radical (unpaired) electrons. The quantitative estimate of drug-likeness (QED) is 0.453. The molecule has 0 N–H and O–H groups in total. The van der Waals surface area contributed by atoms with Gasteiger partial charge < -0.3 is 24.2 Å². The van der Waals surface area contributed by atoms with Crippen LogP contribution < -0.4 is 14.5 Å².